The van der Waals surface area contributed by atoms with Crippen molar-refractivity contribution in [3.8, 4) is 0 Å². The second-order valence-corrected chi connectivity index (χ2v) is 7.94. The van der Waals surface area contributed by atoms with Gasteiger partial charge in [-0.15, -0.1) is 10.2 Å². The van der Waals surface area contributed by atoms with E-state index in [4.69, 9.17) is 0 Å². The number of amides is 1. The van der Waals surface area contributed by atoms with Gasteiger partial charge in [0.15, 0.2) is 5.65 Å². The lowest BCUT2D eigenvalue weighted by Gasteiger charge is -2.30. The van der Waals surface area contributed by atoms with Gasteiger partial charge in [0.25, 0.3) is 0 Å². The molecule has 1 saturated heterocycles. The predicted octanol–water partition coefficient (Wildman–Crippen LogP) is 3.84. The third kappa shape index (κ3) is 4.23. The number of hydrogen-bond acceptors (Lipinski definition) is 4. The lowest BCUT2D eigenvalue weighted by molar-refractivity contribution is -0.116. The smallest absolute Gasteiger partial charge is 0.225 e. The van der Waals surface area contributed by atoms with Crippen LogP contribution in [0.2, 0.25) is 0 Å². The van der Waals surface area contributed by atoms with Crippen LogP contribution in [0.1, 0.15) is 31.0 Å². The maximum absolute atomic E-state index is 13.8. The summed E-state index contributed by atoms with van der Waals surface area (Å²) in [6.07, 6.45) is 4.31. The van der Waals surface area contributed by atoms with Crippen molar-refractivity contribution in [3.05, 3.63) is 58.7 Å². The minimum atomic E-state index is -0.441. The summed E-state index contributed by atoms with van der Waals surface area (Å²) >= 11 is 3.21. The van der Waals surface area contributed by atoms with Gasteiger partial charge in [-0.25, -0.2) is 4.39 Å². The summed E-state index contributed by atoms with van der Waals surface area (Å²) in [4.78, 5) is 14.4. The fourth-order valence-corrected chi connectivity index (χ4v) is 3.95. The topological polar surface area (TPSA) is 62.5 Å². The number of benzene rings is 1. The lowest BCUT2D eigenvalue weighted by Crippen LogP contribution is -2.35. The quantitative estimate of drug-likeness (QED) is 0.647. The number of nitrogens with zero attached hydrogens (tertiary/aromatic N) is 4. The van der Waals surface area contributed by atoms with E-state index < -0.39 is 5.82 Å². The molecule has 1 aliphatic heterocycles. The minimum Gasteiger partial charge on any atom is -0.324 e. The molecule has 0 radical (unpaired) electrons. The van der Waals surface area contributed by atoms with E-state index in [0.29, 0.717) is 23.4 Å². The number of carbonyl (C=O) groups is 1. The monoisotopic (exact) mass is 445 g/mol. The molecule has 6 nitrogen and oxygen atoms in total. The summed E-state index contributed by atoms with van der Waals surface area (Å²) in [5.74, 6) is 0.772. The molecule has 0 bridgehead atoms. The normalized spacial score (nSPS) is 15.8. The lowest BCUT2D eigenvalue weighted by atomic mass is 9.96. The summed E-state index contributed by atoms with van der Waals surface area (Å²) < 4.78 is 16.5. The molecule has 28 heavy (non-hydrogen) atoms. The number of likely N-dealkylation sites (tertiary alicyclic amines) is 1. The summed E-state index contributed by atoms with van der Waals surface area (Å²) in [5.41, 5.74) is 1.09. The van der Waals surface area contributed by atoms with E-state index in [2.05, 4.69) is 40.7 Å². The highest BCUT2D eigenvalue weighted by Crippen LogP contribution is 2.27. The van der Waals surface area contributed by atoms with Crippen molar-refractivity contribution in [2.45, 2.75) is 25.2 Å². The molecule has 0 aliphatic carbocycles. The van der Waals surface area contributed by atoms with Crippen LogP contribution in [0.4, 0.5) is 10.1 Å². The van der Waals surface area contributed by atoms with Gasteiger partial charge in [-0.05, 0) is 56.3 Å². The molecule has 1 N–H and O–H groups in total. The van der Waals surface area contributed by atoms with E-state index in [9.17, 15) is 9.18 Å². The van der Waals surface area contributed by atoms with Gasteiger partial charge in [-0.2, -0.15) is 0 Å². The van der Waals surface area contributed by atoms with Crippen LogP contribution in [0.25, 0.3) is 5.65 Å². The Morgan fingerprint density at radius 2 is 2.04 bits per heavy atom. The minimum absolute atomic E-state index is 0.174. The Morgan fingerprint density at radius 1 is 1.21 bits per heavy atom. The average Bonchev–Trinajstić information content (AvgIpc) is 3.13. The van der Waals surface area contributed by atoms with E-state index >= 15 is 0 Å². The Bertz CT molecular complexity index is 984. The van der Waals surface area contributed by atoms with Crippen molar-refractivity contribution in [2.75, 3.05) is 25.0 Å². The molecule has 8 heteroatoms. The zero-order valence-electron chi connectivity index (χ0n) is 15.3. The highest BCUT2D eigenvalue weighted by atomic mass is 79.9. The molecule has 2 aromatic heterocycles. The van der Waals surface area contributed by atoms with Crippen molar-refractivity contribution in [3.63, 3.8) is 0 Å². The van der Waals surface area contributed by atoms with Crippen molar-refractivity contribution < 1.29 is 9.18 Å². The first kappa shape index (κ1) is 19.0. The second-order valence-electron chi connectivity index (χ2n) is 7.03. The van der Waals surface area contributed by atoms with Gasteiger partial charge in [0.1, 0.15) is 11.6 Å². The number of nitrogens with one attached hydrogen (secondary N) is 1. The van der Waals surface area contributed by atoms with E-state index in [1.54, 1.807) is 12.1 Å². The van der Waals surface area contributed by atoms with Gasteiger partial charge in [0.05, 0.1) is 5.69 Å². The molecule has 3 heterocycles. The maximum atomic E-state index is 13.8. The van der Waals surface area contributed by atoms with E-state index in [1.165, 1.54) is 6.07 Å². The number of anilines is 1. The van der Waals surface area contributed by atoms with Gasteiger partial charge >= 0.3 is 0 Å². The standard InChI is InChI=1S/C20H21BrFN5O/c21-15-4-5-17(16(22)13-15)23-19(28)8-12-26-10-6-14(7-11-26)20-25-24-18-3-1-2-9-27(18)20/h1-5,9,13-14H,6-8,10-12H2,(H,23,28). The fraction of sp³-hybridized carbons (Fsp3) is 0.350. The summed E-state index contributed by atoms with van der Waals surface area (Å²) in [7, 11) is 0. The van der Waals surface area contributed by atoms with Gasteiger partial charge in [-0.1, -0.05) is 22.0 Å². The number of rotatable bonds is 5. The van der Waals surface area contributed by atoms with Crippen molar-refractivity contribution in [2.24, 2.45) is 0 Å². The van der Waals surface area contributed by atoms with Crippen LogP contribution in [-0.2, 0) is 4.79 Å². The molecule has 0 spiro atoms. The Hall–Kier alpha value is -2.32. The molecule has 1 fully saturated rings. The molecular formula is C20H21BrFN5O. The molecule has 146 valence electrons. The van der Waals surface area contributed by atoms with E-state index in [1.807, 2.05) is 24.4 Å². The van der Waals surface area contributed by atoms with Crippen LogP contribution in [0.5, 0.6) is 0 Å². The third-order valence-corrected chi connectivity index (χ3v) is 5.65. The average molecular weight is 446 g/mol. The van der Waals surface area contributed by atoms with Crippen LogP contribution in [0.15, 0.2) is 47.1 Å². The van der Waals surface area contributed by atoms with Gasteiger partial charge in [-0.3, -0.25) is 9.20 Å². The molecular weight excluding hydrogens is 425 g/mol. The SMILES string of the molecule is O=C(CCN1CCC(c2nnc3ccccn23)CC1)Nc1ccc(Br)cc1F. The van der Waals surface area contributed by atoms with Gasteiger partial charge < -0.3 is 10.2 Å². The number of aromatic nitrogens is 3. The molecule has 1 aromatic carbocycles. The molecule has 0 atom stereocenters. The first-order chi connectivity index (χ1) is 13.6. The first-order valence-electron chi connectivity index (χ1n) is 9.37. The highest BCUT2D eigenvalue weighted by molar-refractivity contribution is 9.10. The van der Waals surface area contributed by atoms with Crippen molar-refractivity contribution in [1.29, 1.82) is 0 Å². The second kappa shape index (κ2) is 8.36. The zero-order valence-corrected chi connectivity index (χ0v) is 16.9. The molecule has 0 saturated carbocycles. The number of fused-ring (bicyclic) bond motifs is 1. The summed E-state index contributed by atoms with van der Waals surface area (Å²) in [6, 6.07) is 10.5. The number of halogens is 2. The van der Waals surface area contributed by atoms with Crippen LogP contribution in [-0.4, -0.2) is 45.0 Å². The number of piperidine rings is 1. The van der Waals surface area contributed by atoms with Crippen LogP contribution in [0, 0.1) is 5.82 Å². The van der Waals surface area contributed by atoms with Crippen LogP contribution < -0.4 is 5.32 Å². The fourth-order valence-electron chi connectivity index (χ4n) is 3.62. The molecule has 4 rings (SSSR count). The third-order valence-electron chi connectivity index (χ3n) is 5.15. The maximum Gasteiger partial charge on any atom is 0.225 e. The van der Waals surface area contributed by atoms with E-state index in [-0.39, 0.29) is 11.6 Å². The molecule has 0 unspecified atom stereocenters. The predicted molar refractivity (Wildman–Crippen MR) is 109 cm³/mol. The van der Waals surface area contributed by atoms with Gasteiger partial charge in [0, 0.05) is 29.6 Å². The van der Waals surface area contributed by atoms with Crippen molar-refractivity contribution >= 4 is 33.2 Å². The zero-order chi connectivity index (χ0) is 19.5. The molecule has 1 aliphatic rings. The molecule has 3 aromatic rings. The summed E-state index contributed by atoms with van der Waals surface area (Å²) in [5, 5.41) is 11.3. The Morgan fingerprint density at radius 3 is 2.82 bits per heavy atom. The van der Waals surface area contributed by atoms with Crippen molar-refractivity contribution in [1.82, 2.24) is 19.5 Å². The number of pyridine rings is 1. The molecule has 1 amide bonds. The highest BCUT2D eigenvalue weighted by Gasteiger charge is 2.24. The largest absolute Gasteiger partial charge is 0.324 e. The Balaban J connectivity index is 1.27. The Kier molecular flexibility index (Phi) is 5.68. The van der Waals surface area contributed by atoms with Crippen LogP contribution in [0.3, 0.4) is 0 Å². The Labute approximate surface area is 170 Å². The number of hydrogen-bond donors (Lipinski definition) is 1. The first-order valence-corrected chi connectivity index (χ1v) is 10.2. The van der Waals surface area contributed by atoms with Gasteiger partial charge in [0.2, 0.25) is 5.91 Å². The van der Waals surface area contributed by atoms with Crippen LogP contribution >= 0.6 is 15.9 Å². The van der Waals surface area contributed by atoms with E-state index in [0.717, 1.165) is 37.4 Å². The summed E-state index contributed by atoms with van der Waals surface area (Å²) in [6.45, 7) is 2.48. The number of carbonyl (C=O) groups excluding carboxylic acids is 1.